The molecule has 4 fully saturated rings. The number of fused-ring (bicyclic) bond motifs is 12. The fourth-order valence-corrected chi connectivity index (χ4v) is 15.3. The monoisotopic (exact) mass is 937 g/mol. The first-order valence-corrected chi connectivity index (χ1v) is 26.2. The van der Waals surface area contributed by atoms with Gasteiger partial charge in [0.25, 0.3) is 0 Å². The van der Waals surface area contributed by atoms with Crippen molar-refractivity contribution in [2.75, 3.05) is 0 Å². The van der Waals surface area contributed by atoms with Gasteiger partial charge in [-0.1, -0.05) is 133 Å². The maximum atomic E-state index is 6.34. The second kappa shape index (κ2) is 14.7. The Hall–Kier alpha value is -8.61. The van der Waals surface area contributed by atoms with Gasteiger partial charge in [-0.05, 0) is 156 Å². The van der Waals surface area contributed by atoms with E-state index in [1.807, 2.05) is 36.4 Å². The normalized spacial score (nSPS) is 20.7. The average Bonchev–Trinajstić information content (AvgIpc) is 4.17. The molecule has 0 atom stereocenters. The van der Waals surface area contributed by atoms with Crippen molar-refractivity contribution in [1.82, 2.24) is 24.1 Å². The Balaban J connectivity index is 0.804. The van der Waals surface area contributed by atoms with Crippen molar-refractivity contribution in [1.29, 1.82) is 0 Å². The third-order valence-corrected chi connectivity index (χ3v) is 18.0. The van der Waals surface area contributed by atoms with Gasteiger partial charge in [0.1, 0.15) is 11.2 Å². The highest BCUT2D eigenvalue weighted by Crippen LogP contribution is 2.69. The quantitative estimate of drug-likeness (QED) is 0.172. The zero-order chi connectivity index (χ0) is 47.5. The predicted octanol–water partition coefficient (Wildman–Crippen LogP) is 16.7. The first-order valence-electron chi connectivity index (χ1n) is 26.2. The lowest BCUT2D eigenvalue weighted by Gasteiger charge is -2.61. The SMILES string of the molecule is c1ccc(-c2nc(-c3ccc4c(c3)oc3ccccc34)nc(-n3c4ccccc4c4cc(-c5ccc6c(c5)c5ccccc5n6-c5ccc6c(c5)C5(c7ccccc7-6)C6CC7CC(C6)CC5C7)ccc43)n2)cc1. The van der Waals surface area contributed by atoms with E-state index in [2.05, 4.69) is 173 Å². The van der Waals surface area contributed by atoms with Gasteiger partial charge in [-0.3, -0.25) is 4.57 Å². The molecule has 0 amide bonds. The number of rotatable bonds is 5. The fourth-order valence-electron chi connectivity index (χ4n) is 15.3. The predicted molar refractivity (Wildman–Crippen MR) is 295 cm³/mol. The van der Waals surface area contributed by atoms with E-state index in [9.17, 15) is 0 Å². The minimum Gasteiger partial charge on any atom is -0.456 e. The van der Waals surface area contributed by atoms with Crippen LogP contribution in [0.2, 0.25) is 0 Å². The van der Waals surface area contributed by atoms with Crippen LogP contribution in [0, 0.1) is 23.7 Å². The van der Waals surface area contributed by atoms with Crippen LogP contribution < -0.4 is 0 Å². The maximum absolute atomic E-state index is 6.34. The number of benzene rings is 9. The standard InChI is InChI=1S/C67H47N5O/c1-2-12-41(13-3-1)64-68-65(44-22-26-53-52-17-7-11-21-62(52)73-63(53)37-44)70-66(69-64)72-59-20-10-6-16-51(59)55-36-43(24-29-61(55)72)42-23-28-60-54(35-42)50-15-5-9-19-58(50)71(60)47-25-27-49-48-14-4-8-18-56(48)67(57(49)38-47)45-31-39-30-40(33-45)34-46(67)32-39/h1-29,35-40,45-46H,30-34H2. The summed E-state index contributed by atoms with van der Waals surface area (Å²) < 4.78 is 11.1. The van der Waals surface area contributed by atoms with Crippen LogP contribution >= 0.6 is 0 Å². The molecule has 1 spiro atoms. The van der Waals surface area contributed by atoms with E-state index in [1.54, 1.807) is 11.1 Å². The topological polar surface area (TPSA) is 61.7 Å². The van der Waals surface area contributed by atoms with Crippen LogP contribution in [0.1, 0.15) is 43.2 Å². The van der Waals surface area contributed by atoms with Gasteiger partial charge in [0.05, 0.1) is 22.1 Å². The van der Waals surface area contributed by atoms with Gasteiger partial charge in [0, 0.05) is 54.5 Å². The molecule has 5 aliphatic rings. The van der Waals surface area contributed by atoms with Gasteiger partial charge in [-0.25, -0.2) is 4.98 Å². The molecule has 346 valence electrons. The number of furan rings is 1. The molecule has 5 aliphatic carbocycles. The van der Waals surface area contributed by atoms with Crippen molar-refractivity contribution < 1.29 is 4.42 Å². The molecule has 6 heteroatoms. The zero-order valence-corrected chi connectivity index (χ0v) is 40.0. The molecular formula is C67H47N5O. The summed E-state index contributed by atoms with van der Waals surface area (Å²) >= 11 is 0. The lowest BCUT2D eigenvalue weighted by atomic mass is 9.43. The molecule has 9 aromatic carbocycles. The summed E-state index contributed by atoms with van der Waals surface area (Å²) in [5.74, 6) is 5.02. The Labute approximate surface area is 421 Å². The van der Waals surface area contributed by atoms with Crippen molar-refractivity contribution in [3.63, 3.8) is 0 Å². The van der Waals surface area contributed by atoms with E-state index in [4.69, 9.17) is 19.4 Å². The summed E-state index contributed by atoms with van der Waals surface area (Å²) in [6, 6.07) is 73.1. The maximum Gasteiger partial charge on any atom is 0.238 e. The first kappa shape index (κ1) is 40.0. The smallest absolute Gasteiger partial charge is 0.238 e. The molecule has 13 aromatic rings. The molecule has 4 saturated carbocycles. The van der Waals surface area contributed by atoms with Gasteiger partial charge in [-0.15, -0.1) is 0 Å². The van der Waals surface area contributed by atoms with Gasteiger partial charge in [-0.2, -0.15) is 9.97 Å². The largest absolute Gasteiger partial charge is 0.456 e. The molecule has 0 unspecified atom stereocenters. The van der Waals surface area contributed by atoms with E-state index < -0.39 is 0 Å². The Morgan fingerprint density at radius 3 is 1.67 bits per heavy atom. The molecule has 0 N–H and O–H groups in total. The number of hydrogen-bond acceptors (Lipinski definition) is 4. The number of para-hydroxylation sites is 3. The van der Waals surface area contributed by atoms with Crippen LogP contribution in [0.4, 0.5) is 0 Å². The van der Waals surface area contributed by atoms with Crippen LogP contribution in [0.5, 0.6) is 0 Å². The van der Waals surface area contributed by atoms with E-state index in [-0.39, 0.29) is 5.41 Å². The third-order valence-electron chi connectivity index (χ3n) is 18.0. The molecule has 6 nitrogen and oxygen atoms in total. The van der Waals surface area contributed by atoms with Crippen molar-refractivity contribution >= 4 is 65.6 Å². The molecule has 0 saturated heterocycles. The minimum atomic E-state index is 0.115. The molecule has 4 bridgehead atoms. The molecule has 4 heterocycles. The van der Waals surface area contributed by atoms with Crippen molar-refractivity contribution in [3.8, 4) is 56.7 Å². The van der Waals surface area contributed by atoms with Crippen molar-refractivity contribution in [2.45, 2.75) is 37.5 Å². The number of aromatic nitrogens is 5. The summed E-state index contributed by atoms with van der Waals surface area (Å²) in [4.78, 5) is 15.6. The highest BCUT2D eigenvalue weighted by atomic mass is 16.3. The third kappa shape index (κ3) is 5.55. The van der Waals surface area contributed by atoms with Crippen LogP contribution in [-0.4, -0.2) is 24.1 Å². The lowest BCUT2D eigenvalue weighted by molar-refractivity contribution is -0.0399. The second-order valence-corrected chi connectivity index (χ2v) is 21.6. The van der Waals surface area contributed by atoms with E-state index >= 15 is 0 Å². The summed E-state index contributed by atoms with van der Waals surface area (Å²) in [6.45, 7) is 0. The Kier molecular flexibility index (Phi) is 8.08. The second-order valence-electron chi connectivity index (χ2n) is 21.6. The molecule has 0 radical (unpaired) electrons. The summed E-state index contributed by atoms with van der Waals surface area (Å²) in [5, 5.41) is 6.96. The van der Waals surface area contributed by atoms with E-state index in [1.165, 1.54) is 76.3 Å². The van der Waals surface area contributed by atoms with Gasteiger partial charge >= 0.3 is 0 Å². The molecule has 18 rings (SSSR count). The Morgan fingerprint density at radius 2 is 0.932 bits per heavy atom. The van der Waals surface area contributed by atoms with Crippen LogP contribution in [0.15, 0.2) is 205 Å². The van der Waals surface area contributed by atoms with Crippen LogP contribution in [0.3, 0.4) is 0 Å². The molecule has 73 heavy (non-hydrogen) atoms. The first-order chi connectivity index (χ1) is 36.1. The van der Waals surface area contributed by atoms with Gasteiger partial charge in [0.2, 0.25) is 5.95 Å². The minimum absolute atomic E-state index is 0.115. The van der Waals surface area contributed by atoms with Crippen molar-refractivity contribution in [2.24, 2.45) is 23.7 Å². The lowest BCUT2D eigenvalue weighted by Crippen LogP contribution is -2.55. The molecule has 4 aromatic heterocycles. The van der Waals surface area contributed by atoms with Crippen molar-refractivity contribution in [3.05, 3.63) is 211 Å². The average molecular weight is 938 g/mol. The fraction of sp³-hybridized carbons (Fsp3) is 0.149. The number of hydrogen-bond donors (Lipinski definition) is 0. The zero-order valence-electron chi connectivity index (χ0n) is 40.0. The summed E-state index contributed by atoms with van der Waals surface area (Å²) in [6.07, 6.45) is 6.98. The number of nitrogens with zero attached hydrogens (tertiary/aromatic N) is 5. The van der Waals surface area contributed by atoms with E-state index in [0.717, 1.165) is 84.1 Å². The molecule has 0 aliphatic heterocycles. The molecular weight excluding hydrogens is 891 g/mol. The highest BCUT2D eigenvalue weighted by Gasteiger charge is 2.61. The Morgan fingerprint density at radius 1 is 0.370 bits per heavy atom. The van der Waals surface area contributed by atoms with Gasteiger partial charge < -0.3 is 8.98 Å². The van der Waals surface area contributed by atoms with Crippen LogP contribution in [-0.2, 0) is 5.41 Å². The van der Waals surface area contributed by atoms with E-state index in [0.29, 0.717) is 17.6 Å². The van der Waals surface area contributed by atoms with Gasteiger partial charge in [0.15, 0.2) is 11.6 Å². The summed E-state index contributed by atoms with van der Waals surface area (Å²) in [7, 11) is 0. The highest BCUT2D eigenvalue weighted by molar-refractivity contribution is 6.13. The summed E-state index contributed by atoms with van der Waals surface area (Å²) in [5.41, 5.74) is 17.8. The van der Waals surface area contributed by atoms with Crippen LogP contribution in [0.25, 0.3) is 122 Å². The Bertz CT molecular complexity index is 4450.